The average Bonchev–Trinajstić information content (AvgIpc) is 2.94. The Hall–Kier alpha value is -3.60. The quantitative estimate of drug-likeness (QED) is 0.673. The number of imide groups is 1. The number of likely N-dealkylation sites (tertiary alicyclic amines) is 1. The summed E-state index contributed by atoms with van der Waals surface area (Å²) in [6.07, 6.45) is 3.32. The maximum Gasteiger partial charge on any atom is 0.276 e. The van der Waals surface area contributed by atoms with Gasteiger partial charge in [-0.05, 0) is 29.3 Å². The summed E-state index contributed by atoms with van der Waals surface area (Å²) in [6.45, 7) is 0.183. The van der Waals surface area contributed by atoms with E-state index >= 15 is 0 Å². The molecule has 2 amide bonds. The van der Waals surface area contributed by atoms with Gasteiger partial charge in [0.2, 0.25) is 5.91 Å². The van der Waals surface area contributed by atoms with Gasteiger partial charge in [0, 0.05) is 12.4 Å². The van der Waals surface area contributed by atoms with Crippen LogP contribution in [0, 0.1) is 0 Å². The van der Waals surface area contributed by atoms with Gasteiger partial charge in [0.15, 0.2) is 0 Å². The van der Waals surface area contributed by atoms with Crippen molar-refractivity contribution in [2.24, 2.45) is 4.99 Å². The van der Waals surface area contributed by atoms with E-state index in [1.807, 2.05) is 66.7 Å². The summed E-state index contributed by atoms with van der Waals surface area (Å²) < 4.78 is 0. The Bertz CT molecular complexity index is 986. The van der Waals surface area contributed by atoms with Crippen molar-refractivity contribution < 1.29 is 9.59 Å². The van der Waals surface area contributed by atoms with E-state index in [0.717, 1.165) is 11.1 Å². The first kappa shape index (κ1) is 16.8. The molecule has 4 rings (SSSR count). The normalized spacial score (nSPS) is 18.3. The van der Waals surface area contributed by atoms with Crippen LogP contribution < -0.4 is 0 Å². The Morgan fingerprint density at radius 3 is 2.26 bits per heavy atom. The highest BCUT2D eigenvalue weighted by molar-refractivity contribution is 6.52. The van der Waals surface area contributed by atoms with Crippen molar-refractivity contribution in [1.29, 1.82) is 0 Å². The molecule has 1 aliphatic heterocycles. The lowest BCUT2D eigenvalue weighted by molar-refractivity contribution is -0.138. The summed E-state index contributed by atoms with van der Waals surface area (Å²) in [6, 6.07) is 22.2. The summed E-state index contributed by atoms with van der Waals surface area (Å²) in [5, 5.41) is 0. The van der Waals surface area contributed by atoms with Crippen molar-refractivity contribution in [3.05, 3.63) is 96.3 Å². The minimum Gasteiger partial charge on any atom is -0.273 e. The highest BCUT2D eigenvalue weighted by Gasteiger charge is 2.45. The lowest BCUT2D eigenvalue weighted by atomic mass is 9.96. The van der Waals surface area contributed by atoms with Crippen LogP contribution in [0.1, 0.15) is 17.0 Å². The van der Waals surface area contributed by atoms with Gasteiger partial charge in [-0.2, -0.15) is 0 Å². The third-order valence-corrected chi connectivity index (χ3v) is 4.45. The SMILES string of the molecule is O=C1C(=Nc2ccccc2)C(c2ccccc2)C(=O)N1Cc1cccnc1. The van der Waals surface area contributed by atoms with Crippen molar-refractivity contribution in [2.75, 3.05) is 0 Å². The number of rotatable bonds is 4. The van der Waals surface area contributed by atoms with Crippen molar-refractivity contribution in [3.8, 4) is 0 Å². The minimum atomic E-state index is -0.699. The van der Waals surface area contributed by atoms with E-state index in [1.165, 1.54) is 4.90 Å². The molecule has 2 heterocycles. The van der Waals surface area contributed by atoms with Crippen LogP contribution in [0.2, 0.25) is 0 Å². The summed E-state index contributed by atoms with van der Waals surface area (Å²) in [7, 11) is 0. The number of pyridine rings is 1. The molecule has 0 radical (unpaired) electrons. The summed E-state index contributed by atoms with van der Waals surface area (Å²) >= 11 is 0. The number of hydrogen-bond acceptors (Lipinski definition) is 4. The number of benzene rings is 2. The molecule has 1 aromatic heterocycles. The van der Waals surface area contributed by atoms with E-state index in [2.05, 4.69) is 9.98 Å². The Morgan fingerprint density at radius 2 is 1.59 bits per heavy atom. The molecule has 2 aromatic carbocycles. The third-order valence-electron chi connectivity index (χ3n) is 4.45. The van der Waals surface area contributed by atoms with E-state index in [4.69, 9.17) is 0 Å². The molecule has 5 heteroatoms. The second-order valence-electron chi connectivity index (χ2n) is 6.27. The number of hydrogen-bond donors (Lipinski definition) is 0. The second-order valence-corrected chi connectivity index (χ2v) is 6.27. The molecule has 1 aliphatic rings. The van der Waals surface area contributed by atoms with Crippen LogP contribution >= 0.6 is 0 Å². The first-order valence-corrected chi connectivity index (χ1v) is 8.67. The maximum atomic E-state index is 13.1. The van der Waals surface area contributed by atoms with Crippen molar-refractivity contribution >= 4 is 23.2 Å². The first-order chi connectivity index (χ1) is 13.2. The van der Waals surface area contributed by atoms with Crippen LogP contribution in [-0.2, 0) is 16.1 Å². The van der Waals surface area contributed by atoms with E-state index < -0.39 is 5.92 Å². The van der Waals surface area contributed by atoms with Gasteiger partial charge in [-0.25, -0.2) is 4.99 Å². The average molecular weight is 355 g/mol. The second kappa shape index (κ2) is 7.33. The molecule has 27 heavy (non-hydrogen) atoms. The molecule has 5 nitrogen and oxygen atoms in total. The van der Waals surface area contributed by atoms with Crippen LogP contribution in [-0.4, -0.2) is 27.4 Å². The minimum absolute atomic E-state index is 0.183. The maximum absolute atomic E-state index is 13.1. The summed E-state index contributed by atoms with van der Waals surface area (Å²) in [5.74, 6) is -1.32. The molecule has 132 valence electrons. The van der Waals surface area contributed by atoms with Gasteiger partial charge in [-0.15, -0.1) is 0 Å². The fourth-order valence-corrected chi connectivity index (χ4v) is 3.16. The zero-order chi connectivity index (χ0) is 18.6. The van der Waals surface area contributed by atoms with Gasteiger partial charge >= 0.3 is 0 Å². The molecule has 1 atom stereocenters. The fraction of sp³-hybridized carbons (Fsp3) is 0.0909. The number of para-hydroxylation sites is 1. The smallest absolute Gasteiger partial charge is 0.273 e. The van der Waals surface area contributed by atoms with Gasteiger partial charge in [-0.1, -0.05) is 54.6 Å². The van der Waals surface area contributed by atoms with Crippen LogP contribution in [0.3, 0.4) is 0 Å². The standard InChI is InChI=1S/C22H17N3O2/c26-21-19(17-9-3-1-4-10-17)20(24-18-11-5-2-6-12-18)22(27)25(21)15-16-8-7-13-23-14-16/h1-14,19H,15H2. The van der Waals surface area contributed by atoms with Gasteiger partial charge in [-0.3, -0.25) is 19.5 Å². The third kappa shape index (κ3) is 3.40. The largest absolute Gasteiger partial charge is 0.276 e. The molecular weight excluding hydrogens is 338 g/mol. The van der Waals surface area contributed by atoms with Crippen LogP contribution in [0.15, 0.2) is 90.2 Å². The van der Waals surface area contributed by atoms with E-state index in [9.17, 15) is 9.59 Å². The van der Waals surface area contributed by atoms with E-state index in [0.29, 0.717) is 5.69 Å². The van der Waals surface area contributed by atoms with Crippen molar-refractivity contribution in [2.45, 2.75) is 12.5 Å². The van der Waals surface area contributed by atoms with Gasteiger partial charge in [0.05, 0.1) is 12.2 Å². The number of aromatic nitrogens is 1. The van der Waals surface area contributed by atoms with Crippen LogP contribution in [0.4, 0.5) is 5.69 Å². The molecule has 0 spiro atoms. The van der Waals surface area contributed by atoms with Gasteiger partial charge in [0.1, 0.15) is 11.6 Å². The van der Waals surface area contributed by atoms with Crippen LogP contribution in [0.25, 0.3) is 0 Å². The van der Waals surface area contributed by atoms with Crippen molar-refractivity contribution in [3.63, 3.8) is 0 Å². The lowest BCUT2D eigenvalue weighted by Gasteiger charge is -2.14. The monoisotopic (exact) mass is 355 g/mol. The predicted octanol–water partition coefficient (Wildman–Crippen LogP) is 3.51. The Labute approximate surface area is 157 Å². The number of carbonyl (C=O) groups is 2. The Kier molecular flexibility index (Phi) is 4.58. The van der Waals surface area contributed by atoms with Crippen molar-refractivity contribution in [1.82, 2.24) is 9.88 Å². The fourth-order valence-electron chi connectivity index (χ4n) is 3.16. The molecule has 1 fully saturated rings. The molecule has 3 aromatic rings. The van der Waals surface area contributed by atoms with E-state index in [1.54, 1.807) is 18.5 Å². The first-order valence-electron chi connectivity index (χ1n) is 8.67. The number of carbonyl (C=O) groups excluding carboxylic acids is 2. The van der Waals surface area contributed by atoms with E-state index in [-0.39, 0.29) is 24.1 Å². The predicted molar refractivity (Wildman–Crippen MR) is 103 cm³/mol. The number of amides is 2. The molecule has 1 unspecified atom stereocenters. The Balaban J connectivity index is 1.76. The zero-order valence-corrected chi connectivity index (χ0v) is 14.5. The molecule has 0 saturated carbocycles. The summed E-state index contributed by atoms with van der Waals surface area (Å²) in [4.78, 5) is 36.0. The lowest BCUT2D eigenvalue weighted by Crippen LogP contribution is -2.30. The molecule has 0 N–H and O–H groups in total. The summed E-state index contributed by atoms with van der Waals surface area (Å²) in [5.41, 5.74) is 2.46. The number of aliphatic imine (C=N–C) groups is 1. The molecule has 1 saturated heterocycles. The number of nitrogens with zero attached hydrogens (tertiary/aromatic N) is 3. The highest BCUT2D eigenvalue weighted by atomic mass is 16.2. The highest BCUT2D eigenvalue weighted by Crippen LogP contribution is 2.30. The van der Waals surface area contributed by atoms with Gasteiger partial charge in [0.25, 0.3) is 5.91 Å². The zero-order valence-electron chi connectivity index (χ0n) is 14.5. The molecular formula is C22H17N3O2. The van der Waals surface area contributed by atoms with Gasteiger partial charge < -0.3 is 0 Å². The van der Waals surface area contributed by atoms with Crippen LogP contribution in [0.5, 0.6) is 0 Å². The molecule has 0 aliphatic carbocycles. The topological polar surface area (TPSA) is 62.6 Å². The Morgan fingerprint density at radius 1 is 0.889 bits per heavy atom. The molecule has 0 bridgehead atoms.